The van der Waals surface area contributed by atoms with Gasteiger partial charge in [-0.15, -0.1) is 0 Å². The lowest BCUT2D eigenvalue weighted by atomic mass is 9.99. The molecule has 0 bridgehead atoms. The van der Waals surface area contributed by atoms with Gasteiger partial charge in [0.25, 0.3) is 0 Å². The topological polar surface area (TPSA) is 38.5 Å². The first kappa shape index (κ1) is 13.9. The van der Waals surface area contributed by atoms with Crippen LogP contribution in [0, 0.1) is 5.92 Å². The molecule has 0 saturated carbocycles. The minimum Gasteiger partial charge on any atom is -0.381 e. The molecule has 2 heterocycles. The number of nitrogens with zero attached hydrogens (tertiary/aromatic N) is 1. The van der Waals surface area contributed by atoms with E-state index >= 15 is 0 Å². The number of benzene rings is 1. The lowest BCUT2D eigenvalue weighted by Crippen LogP contribution is -2.31. The number of nitrogens with two attached hydrogens (primary N) is 1. The van der Waals surface area contributed by atoms with Gasteiger partial charge in [-0.1, -0.05) is 12.1 Å². The van der Waals surface area contributed by atoms with Crippen molar-refractivity contribution >= 4 is 5.69 Å². The molecule has 3 rings (SSSR count). The maximum absolute atomic E-state index is 5.93. The number of fused-ring (bicyclic) bond motifs is 1. The zero-order valence-corrected chi connectivity index (χ0v) is 12.5. The maximum Gasteiger partial charge on any atom is 0.0469 e. The van der Waals surface area contributed by atoms with E-state index in [0.29, 0.717) is 0 Å². The lowest BCUT2D eigenvalue weighted by molar-refractivity contribution is 0.0683. The summed E-state index contributed by atoms with van der Waals surface area (Å²) in [5.41, 5.74) is 10.3. The molecule has 2 N–H and O–H groups in total. The molecule has 0 spiro atoms. The van der Waals surface area contributed by atoms with E-state index in [2.05, 4.69) is 30.0 Å². The molecule has 0 amide bonds. The van der Waals surface area contributed by atoms with Gasteiger partial charge in [0, 0.05) is 38.0 Å². The Labute approximate surface area is 122 Å². The zero-order chi connectivity index (χ0) is 13.9. The fourth-order valence-electron chi connectivity index (χ4n) is 3.42. The normalized spacial score (nSPS) is 21.0. The second-order valence-electron chi connectivity index (χ2n) is 6.40. The molecular formula is C17H26N2O. The minimum absolute atomic E-state index is 0.235. The van der Waals surface area contributed by atoms with Crippen molar-refractivity contribution in [1.82, 2.24) is 0 Å². The number of ether oxygens (including phenoxy) is 1. The standard InChI is InChI=1S/C17H26N2O/c1-13(18)10-15-2-3-16-4-7-19(17(16)11-15)12-14-5-8-20-9-6-14/h2-3,11,13-14H,4-10,12,18H2,1H3. The summed E-state index contributed by atoms with van der Waals surface area (Å²) in [4.78, 5) is 2.58. The second kappa shape index (κ2) is 6.15. The molecular weight excluding hydrogens is 248 g/mol. The predicted molar refractivity (Wildman–Crippen MR) is 83.3 cm³/mol. The van der Waals surface area contributed by atoms with Gasteiger partial charge in [0.15, 0.2) is 0 Å². The first-order valence-corrected chi connectivity index (χ1v) is 7.92. The van der Waals surface area contributed by atoms with E-state index in [-0.39, 0.29) is 6.04 Å². The van der Waals surface area contributed by atoms with Crippen LogP contribution in [0.3, 0.4) is 0 Å². The number of hydrogen-bond acceptors (Lipinski definition) is 3. The summed E-state index contributed by atoms with van der Waals surface area (Å²) in [6, 6.07) is 7.15. The third-order valence-corrected chi connectivity index (χ3v) is 4.52. The van der Waals surface area contributed by atoms with Gasteiger partial charge >= 0.3 is 0 Å². The summed E-state index contributed by atoms with van der Waals surface area (Å²) in [5.74, 6) is 0.798. The van der Waals surface area contributed by atoms with Crippen molar-refractivity contribution < 1.29 is 4.74 Å². The highest BCUT2D eigenvalue weighted by Crippen LogP contribution is 2.31. The third-order valence-electron chi connectivity index (χ3n) is 4.52. The van der Waals surface area contributed by atoms with E-state index in [0.717, 1.165) is 25.6 Å². The fourth-order valence-corrected chi connectivity index (χ4v) is 3.42. The highest BCUT2D eigenvalue weighted by Gasteiger charge is 2.23. The van der Waals surface area contributed by atoms with Gasteiger partial charge in [-0.25, -0.2) is 0 Å². The van der Waals surface area contributed by atoms with Crippen molar-refractivity contribution in [2.45, 2.75) is 38.6 Å². The second-order valence-corrected chi connectivity index (χ2v) is 6.40. The Hall–Kier alpha value is -1.06. The Bertz CT molecular complexity index is 452. The molecule has 2 aliphatic rings. The lowest BCUT2D eigenvalue weighted by Gasteiger charge is -2.29. The average Bonchev–Trinajstić information content (AvgIpc) is 2.82. The van der Waals surface area contributed by atoms with Gasteiger partial charge in [0.05, 0.1) is 0 Å². The van der Waals surface area contributed by atoms with Gasteiger partial charge in [0.2, 0.25) is 0 Å². The summed E-state index contributed by atoms with van der Waals surface area (Å²) >= 11 is 0. The van der Waals surface area contributed by atoms with Crippen LogP contribution in [0.2, 0.25) is 0 Å². The Morgan fingerprint density at radius 3 is 2.90 bits per heavy atom. The third kappa shape index (κ3) is 3.15. The highest BCUT2D eigenvalue weighted by molar-refractivity contribution is 5.59. The molecule has 110 valence electrons. The molecule has 1 unspecified atom stereocenters. The molecule has 0 aromatic heterocycles. The Morgan fingerprint density at radius 2 is 2.15 bits per heavy atom. The van der Waals surface area contributed by atoms with E-state index in [4.69, 9.17) is 10.5 Å². The molecule has 1 saturated heterocycles. The SMILES string of the molecule is CC(N)Cc1ccc2c(c1)N(CC1CCOCC1)CC2. The van der Waals surface area contributed by atoms with Gasteiger partial charge in [-0.2, -0.15) is 0 Å². The van der Waals surface area contributed by atoms with Crippen LogP contribution in [0.4, 0.5) is 5.69 Å². The monoisotopic (exact) mass is 274 g/mol. The summed E-state index contributed by atoms with van der Waals surface area (Å²) < 4.78 is 5.46. The van der Waals surface area contributed by atoms with Gasteiger partial charge in [-0.3, -0.25) is 0 Å². The Kier molecular flexibility index (Phi) is 4.27. The van der Waals surface area contributed by atoms with Crippen LogP contribution in [0.15, 0.2) is 18.2 Å². The van der Waals surface area contributed by atoms with Crippen LogP contribution >= 0.6 is 0 Å². The molecule has 0 aliphatic carbocycles. The summed E-state index contributed by atoms with van der Waals surface area (Å²) in [5, 5.41) is 0. The van der Waals surface area contributed by atoms with Crippen molar-refractivity contribution in [2.75, 3.05) is 31.2 Å². The smallest absolute Gasteiger partial charge is 0.0469 e. The highest BCUT2D eigenvalue weighted by atomic mass is 16.5. The van der Waals surface area contributed by atoms with E-state index in [1.807, 2.05) is 0 Å². The summed E-state index contributed by atoms with van der Waals surface area (Å²) in [7, 11) is 0. The number of rotatable bonds is 4. The Balaban J connectivity index is 1.70. The van der Waals surface area contributed by atoms with E-state index in [1.165, 1.54) is 49.2 Å². The number of hydrogen-bond donors (Lipinski definition) is 1. The average molecular weight is 274 g/mol. The van der Waals surface area contributed by atoms with Gasteiger partial charge < -0.3 is 15.4 Å². The van der Waals surface area contributed by atoms with Crippen LogP contribution in [-0.4, -0.2) is 32.3 Å². The first-order valence-electron chi connectivity index (χ1n) is 7.92. The van der Waals surface area contributed by atoms with Crippen LogP contribution in [0.5, 0.6) is 0 Å². The van der Waals surface area contributed by atoms with Crippen LogP contribution in [-0.2, 0) is 17.6 Å². The van der Waals surface area contributed by atoms with Crippen LogP contribution < -0.4 is 10.6 Å². The largest absolute Gasteiger partial charge is 0.381 e. The first-order chi connectivity index (χ1) is 9.72. The van der Waals surface area contributed by atoms with E-state index < -0.39 is 0 Å². The zero-order valence-electron chi connectivity index (χ0n) is 12.5. The molecule has 0 radical (unpaired) electrons. The maximum atomic E-state index is 5.93. The molecule has 20 heavy (non-hydrogen) atoms. The van der Waals surface area contributed by atoms with Crippen molar-refractivity contribution in [3.05, 3.63) is 29.3 Å². The van der Waals surface area contributed by atoms with Gasteiger partial charge in [0.1, 0.15) is 0 Å². The fraction of sp³-hybridized carbons (Fsp3) is 0.647. The van der Waals surface area contributed by atoms with Crippen LogP contribution in [0.25, 0.3) is 0 Å². The quantitative estimate of drug-likeness (QED) is 0.916. The Morgan fingerprint density at radius 1 is 1.35 bits per heavy atom. The predicted octanol–water partition coefficient (Wildman–Crippen LogP) is 2.37. The minimum atomic E-state index is 0.235. The van der Waals surface area contributed by atoms with E-state index in [1.54, 1.807) is 0 Å². The molecule has 1 aromatic carbocycles. The van der Waals surface area contributed by atoms with Crippen molar-refractivity contribution in [3.8, 4) is 0 Å². The van der Waals surface area contributed by atoms with Crippen molar-refractivity contribution in [2.24, 2.45) is 11.7 Å². The van der Waals surface area contributed by atoms with Crippen LogP contribution in [0.1, 0.15) is 30.9 Å². The molecule has 3 heteroatoms. The van der Waals surface area contributed by atoms with Gasteiger partial charge in [-0.05, 0) is 55.7 Å². The molecule has 2 aliphatic heterocycles. The van der Waals surface area contributed by atoms with Crippen molar-refractivity contribution in [3.63, 3.8) is 0 Å². The number of anilines is 1. The van der Waals surface area contributed by atoms with Crippen molar-refractivity contribution in [1.29, 1.82) is 0 Å². The molecule has 1 aromatic rings. The summed E-state index contributed by atoms with van der Waals surface area (Å²) in [6.45, 7) is 6.32. The summed E-state index contributed by atoms with van der Waals surface area (Å²) in [6.07, 6.45) is 4.59. The molecule has 1 atom stereocenters. The molecule has 3 nitrogen and oxygen atoms in total. The molecule has 1 fully saturated rings. The van der Waals surface area contributed by atoms with E-state index in [9.17, 15) is 0 Å².